The fourth-order valence-corrected chi connectivity index (χ4v) is 2.82. The minimum absolute atomic E-state index is 0. The van der Waals surface area contributed by atoms with E-state index in [1.807, 2.05) is 0 Å². The minimum atomic E-state index is -0.618. The van der Waals surface area contributed by atoms with E-state index in [1.165, 1.54) is 6.42 Å². The van der Waals surface area contributed by atoms with Crippen LogP contribution < -0.4 is 11.1 Å². The number of nitrogens with zero attached hydrogens (tertiary/aromatic N) is 1. The molecule has 0 aromatic heterocycles. The Labute approximate surface area is 142 Å². The molecule has 0 bridgehead atoms. The lowest BCUT2D eigenvalue weighted by molar-refractivity contribution is -0.127. The summed E-state index contributed by atoms with van der Waals surface area (Å²) in [4.78, 5) is 14.5. The Kier molecular flexibility index (Phi) is 11.8. The number of halogens is 2. The van der Waals surface area contributed by atoms with E-state index in [0.717, 1.165) is 32.1 Å². The summed E-state index contributed by atoms with van der Waals surface area (Å²) in [5.41, 5.74) is 5.62. The summed E-state index contributed by atoms with van der Waals surface area (Å²) in [5, 5.41) is 3.07. The normalized spacial score (nSPS) is 18.6. The number of likely N-dealkylation sites (N-methyl/N-ethyl adjacent to an activating group) is 1. The van der Waals surface area contributed by atoms with Crippen LogP contribution in [0.3, 0.4) is 0 Å². The Morgan fingerprint density at radius 2 is 1.71 bits per heavy atom. The zero-order valence-electron chi connectivity index (χ0n) is 13.9. The van der Waals surface area contributed by atoms with Gasteiger partial charge in [-0.3, -0.25) is 4.79 Å². The second-order valence-electron chi connectivity index (χ2n) is 6.67. The molecule has 0 aliphatic heterocycles. The summed E-state index contributed by atoms with van der Waals surface area (Å²) in [6.45, 7) is 5.12. The molecule has 21 heavy (non-hydrogen) atoms. The highest BCUT2D eigenvalue weighted by Gasteiger charge is 2.35. The molecule has 6 heteroatoms. The summed E-state index contributed by atoms with van der Waals surface area (Å²) in [5.74, 6) is 0.675. The first-order valence-electron chi connectivity index (χ1n) is 7.59. The second-order valence-corrected chi connectivity index (χ2v) is 6.67. The first kappa shape index (κ1) is 23.2. The first-order chi connectivity index (χ1) is 8.85. The fourth-order valence-electron chi connectivity index (χ4n) is 2.82. The smallest absolute Gasteiger partial charge is 0.240 e. The predicted molar refractivity (Wildman–Crippen MR) is 94.4 cm³/mol. The van der Waals surface area contributed by atoms with Gasteiger partial charge < -0.3 is 16.0 Å². The maximum atomic E-state index is 12.3. The van der Waals surface area contributed by atoms with Crippen molar-refractivity contribution in [1.82, 2.24) is 10.2 Å². The number of nitrogens with one attached hydrogen (secondary N) is 1. The van der Waals surface area contributed by atoms with Gasteiger partial charge in [0, 0.05) is 12.6 Å². The molecule has 0 spiro atoms. The highest BCUT2D eigenvalue weighted by Crippen LogP contribution is 2.26. The van der Waals surface area contributed by atoms with Gasteiger partial charge in [-0.1, -0.05) is 33.1 Å². The van der Waals surface area contributed by atoms with E-state index in [-0.39, 0.29) is 30.7 Å². The van der Waals surface area contributed by atoms with Crippen molar-refractivity contribution in [2.45, 2.75) is 64.0 Å². The molecule has 1 aliphatic rings. The topological polar surface area (TPSA) is 58.4 Å². The quantitative estimate of drug-likeness (QED) is 0.780. The number of amides is 1. The lowest BCUT2D eigenvalue weighted by Gasteiger charge is -2.33. The molecule has 1 unspecified atom stereocenters. The largest absolute Gasteiger partial charge is 0.353 e. The lowest BCUT2D eigenvalue weighted by atomic mass is 9.82. The highest BCUT2D eigenvalue weighted by atomic mass is 35.5. The van der Waals surface area contributed by atoms with Crippen LogP contribution >= 0.6 is 24.8 Å². The summed E-state index contributed by atoms with van der Waals surface area (Å²) < 4.78 is 0. The van der Waals surface area contributed by atoms with Gasteiger partial charge in [0.2, 0.25) is 5.91 Å². The monoisotopic (exact) mass is 341 g/mol. The molecule has 1 atom stereocenters. The van der Waals surface area contributed by atoms with Crippen molar-refractivity contribution in [3.8, 4) is 0 Å². The molecule has 0 radical (unpaired) electrons. The summed E-state index contributed by atoms with van der Waals surface area (Å²) in [6.07, 6.45) is 6.11. The molecule has 0 aromatic carbocycles. The standard InChI is InChI=1S/C15H31N3O.2ClH/c1-12(2)10-13(18(3)4)11-17-14(19)15(16)8-6-5-7-9-15;;/h12-13H,5-11,16H2,1-4H3,(H,17,19);2*1H. The molecule has 1 amide bonds. The summed E-state index contributed by atoms with van der Waals surface area (Å²) >= 11 is 0. The van der Waals surface area contributed by atoms with Crippen LogP contribution in [0.2, 0.25) is 0 Å². The van der Waals surface area contributed by atoms with Gasteiger partial charge >= 0.3 is 0 Å². The van der Waals surface area contributed by atoms with Gasteiger partial charge in [0.15, 0.2) is 0 Å². The van der Waals surface area contributed by atoms with Crippen molar-refractivity contribution in [2.24, 2.45) is 11.7 Å². The molecule has 4 nitrogen and oxygen atoms in total. The van der Waals surface area contributed by atoms with E-state index >= 15 is 0 Å². The molecule has 1 rings (SSSR count). The Balaban J connectivity index is 0. The van der Waals surface area contributed by atoms with Gasteiger partial charge in [-0.05, 0) is 39.3 Å². The molecule has 0 saturated heterocycles. The number of hydrogen-bond donors (Lipinski definition) is 2. The van der Waals surface area contributed by atoms with E-state index in [2.05, 4.69) is 38.2 Å². The average Bonchev–Trinajstić information content (AvgIpc) is 2.34. The van der Waals surface area contributed by atoms with Crippen LogP contribution in [0.25, 0.3) is 0 Å². The molecule has 1 fully saturated rings. The molecule has 1 aliphatic carbocycles. The van der Waals surface area contributed by atoms with Crippen LogP contribution in [-0.2, 0) is 4.79 Å². The van der Waals surface area contributed by atoms with Crippen LogP contribution in [0.15, 0.2) is 0 Å². The van der Waals surface area contributed by atoms with E-state index in [4.69, 9.17) is 5.73 Å². The Morgan fingerprint density at radius 3 is 2.14 bits per heavy atom. The van der Waals surface area contributed by atoms with Gasteiger partial charge in [0.05, 0.1) is 5.54 Å². The zero-order chi connectivity index (χ0) is 14.5. The number of nitrogens with two attached hydrogens (primary N) is 1. The summed E-state index contributed by atoms with van der Waals surface area (Å²) in [7, 11) is 4.13. The van der Waals surface area contributed by atoms with Crippen LogP contribution in [0.1, 0.15) is 52.4 Å². The average molecular weight is 342 g/mol. The van der Waals surface area contributed by atoms with E-state index in [1.54, 1.807) is 0 Å². The summed E-state index contributed by atoms with van der Waals surface area (Å²) in [6, 6.07) is 0.385. The third-order valence-electron chi connectivity index (χ3n) is 4.17. The molecule has 128 valence electrons. The van der Waals surface area contributed by atoms with Crippen LogP contribution in [0.5, 0.6) is 0 Å². The Hall–Kier alpha value is -0.0300. The SMILES string of the molecule is CC(C)CC(CNC(=O)C1(N)CCCCC1)N(C)C.Cl.Cl. The van der Waals surface area contributed by atoms with Crippen molar-refractivity contribution in [3.63, 3.8) is 0 Å². The van der Waals surface area contributed by atoms with Gasteiger partial charge in [0.25, 0.3) is 0 Å². The molecule has 1 saturated carbocycles. The van der Waals surface area contributed by atoms with Crippen molar-refractivity contribution < 1.29 is 4.79 Å². The van der Waals surface area contributed by atoms with E-state index in [9.17, 15) is 4.79 Å². The Morgan fingerprint density at radius 1 is 1.19 bits per heavy atom. The first-order valence-corrected chi connectivity index (χ1v) is 7.59. The van der Waals surface area contributed by atoms with Crippen LogP contribution in [0, 0.1) is 5.92 Å². The molecule has 0 heterocycles. The maximum Gasteiger partial charge on any atom is 0.240 e. The molecule has 3 N–H and O–H groups in total. The third-order valence-corrected chi connectivity index (χ3v) is 4.17. The second kappa shape index (κ2) is 10.7. The predicted octanol–water partition coefficient (Wildman–Crippen LogP) is 2.58. The third kappa shape index (κ3) is 7.68. The van der Waals surface area contributed by atoms with Gasteiger partial charge in [-0.15, -0.1) is 24.8 Å². The van der Waals surface area contributed by atoms with Crippen LogP contribution in [0.4, 0.5) is 0 Å². The molecular weight excluding hydrogens is 309 g/mol. The van der Waals surface area contributed by atoms with Crippen molar-refractivity contribution in [3.05, 3.63) is 0 Å². The number of rotatable bonds is 6. The van der Waals surface area contributed by atoms with Crippen LogP contribution in [-0.4, -0.2) is 43.0 Å². The van der Waals surface area contributed by atoms with Crippen molar-refractivity contribution >= 4 is 30.7 Å². The highest BCUT2D eigenvalue weighted by molar-refractivity contribution is 5.86. The van der Waals surface area contributed by atoms with Gasteiger partial charge in [-0.25, -0.2) is 0 Å². The number of carbonyl (C=O) groups is 1. The lowest BCUT2D eigenvalue weighted by Crippen LogP contribution is -2.56. The van der Waals surface area contributed by atoms with Crippen molar-refractivity contribution in [1.29, 1.82) is 0 Å². The fraction of sp³-hybridized carbons (Fsp3) is 0.933. The van der Waals surface area contributed by atoms with E-state index < -0.39 is 5.54 Å². The maximum absolute atomic E-state index is 12.3. The molecular formula is C15H33Cl2N3O. The van der Waals surface area contributed by atoms with Gasteiger partial charge in [-0.2, -0.15) is 0 Å². The Bertz CT molecular complexity index is 293. The number of hydrogen-bond acceptors (Lipinski definition) is 3. The van der Waals surface area contributed by atoms with Gasteiger partial charge in [0.1, 0.15) is 0 Å². The zero-order valence-corrected chi connectivity index (χ0v) is 15.5. The van der Waals surface area contributed by atoms with Crippen molar-refractivity contribution in [2.75, 3.05) is 20.6 Å². The van der Waals surface area contributed by atoms with E-state index in [0.29, 0.717) is 18.5 Å². The minimum Gasteiger partial charge on any atom is -0.353 e. The molecule has 0 aromatic rings. The number of carbonyl (C=O) groups excluding carboxylic acids is 1.